The van der Waals surface area contributed by atoms with Crippen molar-refractivity contribution in [3.8, 4) is 0 Å². The molecule has 74 valence electrons. The van der Waals surface area contributed by atoms with Gasteiger partial charge in [0.15, 0.2) is 8.46 Å². The van der Waals surface area contributed by atoms with E-state index in [-0.39, 0.29) is 8.46 Å². The molecule has 0 aliphatic rings. The summed E-state index contributed by atoms with van der Waals surface area (Å²) in [5.41, 5.74) is 6.14. The second kappa shape index (κ2) is 6.75. The van der Waals surface area contributed by atoms with Gasteiger partial charge in [-0.25, -0.2) is 0 Å². The maximum absolute atomic E-state index is 10.4. The molecule has 0 rings (SSSR count). The zero-order valence-electron chi connectivity index (χ0n) is 7.56. The van der Waals surface area contributed by atoms with Gasteiger partial charge in [-0.3, -0.25) is 9.36 Å². The SMILES string of the molecule is CCC/C(=C\C(N)C(=O)O)CP=O. The van der Waals surface area contributed by atoms with E-state index in [1.807, 2.05) is 6.92 Å². The smallest absolute Gasteiger partial charge is 0.324 e. The predicted octanol–water partition coefficient (Wildman–Crippen LogP) is 1.42. The number of carbonyl (C=O) groups is 1. The van der Waals surface area contributed by atoms with Crippen molar-refractivity contribution in [3.63, 3.8) is 0 Å². The fourth-order valence-corrected chi connectivity index (χ4v) is 1.37. The van der Waals surface area contributed by atoms with E-state index in [2.05, 4.69) is 0 Å². The monoisotopic (exact) mass is 203 g/mol. The van der Waals surface area contributed by atoms with Crippen LogP contribution in [0.3, 0.4) is 0 Å². The Morgan fingerprint density at radius 3 is 2.69 bits per heavy atom. The number of aliphatic carboxylic acids is 1. The number of rotatable bonds is 6. The van der Waals surface area contributed by atoms with Crippen LogP contribution in [-0.4, -0.2) is 23.3 Å². The van der Waals surface area contributed by atoms with Crippen LogP contribution >= 0.6 is 8.46 Å². The Labute approximate surface area is 79.0 Å². The highest BCUT2D eigenvalue weighted by molar-refractivity contribution is 7.24. The molecule has 0 saturated heterocycles. The van der Waals surface area contributed by atoms with E-state index in [9.17, 15) is 9.36 Å². The third-order valence-corrected chi connectivity index (χ3v) is 2.07. The molecule has 0 bridgehead atoms. The van der Waals surface area contributed by atoms with Crippen LogP contribution in [0.1, 0.15) is 19.8 Å². The summed E-state index contributed by atoms with van der Waals surface area (Å²) >= 11 is 0. The van der Waals surface area contributed by atoms with Crippen molar-refractivity contribution >= 4 is 14.4 Å². The number of carboxylic acids is 1. The highest BCUT2D eigenvalue weighted by Gasteiger charge is 2.08. The molecular formula is C8H14NO3P. The fourth-order valence-electron chi connectivity index (χ4n) is 0.944. The lowest BCUT2D eigenvalue weighted by Crippen LogP contribution is -2.28. The Hall–Kier alpha value is -0.730. The van der Waals surface area contributed by atoms with Gasteiger partial charge >= 0.3 is 5.97 Å². The van der Waals surface area contributed by atoms with Crippen molar-refractivity contribution in [1.29, 1.82) is 0 Å². The van der Waals surface area contributed by atoms with Crippen molar-refractivity contribution in [2.75, 3.05) is 6.16 Å². The first-order valence-electron chi connectivity index (χ1n) is 4.08. The van der Waals surface area contributed by atoms with E-state index in [0.29, 0.717) is 6.16 Å². The van der Waals surface area contributed by atoms with Gasteiger partial charge in [-0.05, 0) is 6.42 Å². The lowest BCUT2D eigenvalue weighted by Gasteiger charge is -2.04. The first kappa shape index (κ1) is 12.3. The van der Waals surface area contributed by atoms with Gasteiger partial charge in [0.25, 0.3) is 0 Å². The second-order valence-corrected chi connectivity index (χ2v) is 3.30. The molecule has 4 nitrogen and oxygen atoms in total. The van der Waals surface area contributed by atoms with Crippen molar-refractivity contribution in [2.45, 2.75) is 25.8 Å². The molecule has 0 amide bonds. The van der Waals surface area contributed by atoms with Crippen LogP contribution in [0.4, 0.5) is 0 Å². The van der Waals surface area contributed by atoms with E-state index < -0.39 is 12.0 Å². The molecule has 13 heavy (non-hydrogen) atoms. The molecule has 0 saturated carbocycles. The van der Waals surface area contributed by atoms with Crippen molar-refractivity contribution in [1.82, 2.24) is 0 Å². The lowest BCUT2D eigenvalue weighted by atomic mass is 10.1. The van der Waals surface area contributed by atoms with Crippen molar-refractivity contribution in [2.24, 2.45) is 5.73 Å². The zero-order valence-corrected chi connectivity index (χ0v) is 8.46. The lowest BCUT2D eigenvalue weighted by molar-refractivity contribution is -0.137. The summed E-state index contributed by atoms with van der Waals surface area (Å²) in [4.78, 5) is 10.4. The first-order chi connectivity index (χ1) is 6.11. The van der Waals surface area contributed by atoms with Gasteiger partial charge in [0.2, 0.25) is 0 Å². The van der Waals surface area contributed by atoms with Gasteiger partial charge in [-0.2, -0.15) is 0 Å². The zero-order chi connectivity index (χ0) is 10.3. The second-order valence-electron chi connectivity index (χ2n) is 2.73. The topological polar surface area (TPSA) is 80.4 Å². The van der Waals surface area contributed by atoms with E-state index in [1.54, 1.807) is 0 Å². The normalized spacial score (nSPS) is 14.5. The summed E-state index contributed by atoms with van der Waals surface area (Å²) in [6, 6.07) is -0.983. The molecule has 0 aromatic rings. The third-order valence-electron chi connectivity index (χ3n) is 1.54. The molecule has 1 unspecified atom stereocenters. The number of nitrogens with two attached hydrogens (primary N) is 1. The number of carboxylic acid groups (broad SMARTS) is 1. The van der Waals surface area contributed by atoms with E-state index in [1.165, 1.54) is 6.08 Å². The molecule has 0 heterocycles. The standard InChI is InChI=1S/C8H14NO3P/c1-2-3-6(5-13-12)4-7(9)8(10)11/h4,7H,2-3,5,9H2,1H3,(H,10,11)/b6-4+. The van der Waals surface area contributed by atoms with E-state index >= 15 is 0 Å². The molecule has 0 aliphatic heterocycles. The molecule has 0 spiro atoms. The average Bonchev–Trinajstić information content (AvgIpc) is 2.05. The predicted molar refractivity (Wildman–Crippen MR) is 51.1 cm³/mol. The molecule has 1 atom stereocenters. The summed E-state index contributed by atoms with van der Waals surface area (Å²) in [5.74, 6) is -1.06. The Morgan fingerprint density at radius 2 is 2.31 bits per heavy atom. The molecule has 5 heteroatoms. The first-order valence-corrected chi connectivity index (χ1v) is 5.08. The van der Waals surface area contributed by atoms with Gasteiger partial charge in [0, 0.05) is 6.16 Å². The van der Waals surface area contributed by atoms with Crippen LogP contribution < -0.4 is 5.73 Å². The third kappa shape index (κ3) is 5.50. The van der Waals surface area contributed by atoms with Crippen LogP contribution in [0.25, 0.3) is 0 Å². The van der Waals surface area contributed by atoms with Gasteiger partial charge in [-0.15, -0.1) is 0 Å². The highest BCUT2D eigenvalue weighted by atomic mass is 31.1. The van der Waals surface area contributed by atoms with Crippen LogP contribution in [-0.2, 0) is 9.36 Å². The highest BCUT2D eigenvalue weighted by Crippen LogP contribution is 2.11. The van der Waals surface area contributed by atoms with Crippen molar-refractivity contribution < 1.29 is 14.5 Å². The molecular weight excluding hydrogens is 189 g/mol. The Bertz CT molecular complexity index is 215. The Kier molecular flexibility index (Phi) is 6.37. The van der Waals surface area contributed by atoms with E-state index in [0.717, 1.165) is 18.4 Å². The summed E-state index contributed by atoms with van der Waals surface area (Å²) < 4.78 is 10.3. The minimum absolute atomic E-state index is 0.00544. The van der Waals surface area contributed by atoms with Crippen molar-refractivity contribution in [3.05, 3.63) is 11.6 Å². The molecule has 0 radical (unpaired) electrons. The largest absolute Gasteiger partial charge is 0.480 e. The van der Waals surface area contributed by atoms with Gasteiger partial charge in [0.05, 0.1) is 0 Å². The van der Waals surface area contributed by atoms with Crippen LogP contribution in [0.5, 0.6) is 0 Å². The number of hydrogen-bond donors (Lipinski definition) is 2. The molecule has 0 aromatic carbocycles. The minimum Gasteiger partial charge on any atom is -0.480 e. The Morgan fingerprint density at radius 1 is 1.69 bits per heavy atom. The van der Waals surface area contributed by atoms with Gasteiger partial charge in [-0.1, -0.05) is 25.0 Å². The maximum atomic E-state index is 10.4. The van der Waals surface area contributed by atoms with Crippen LogP contribution in [0.2, 0.25) is 0 Å². The molecule has 0 fully saturated rings. The average molecular weight is 203 g/mol. The Balaban J connectivity index is 4.31. The van der Waals surface area contributed by atoms with Gasteiger partial charge in [0.1, 0.15) is 6.04 Å². The summed E-state index contributed by atoms with van der Waals surface area (Å²) in [7, 11) is 0.00544. The summed E-state index contributed by atoms with van der Waals surface area (Å²) in [5, 5.41) is 8.52. The minimum atomic E-state index is -1.06. The van der Waals surface area contributed by atoms with Gasteiger partial charge < -0.3 is 10.8 Å². The number of hydrogen-bond acceptors (Lipinski definition) is 3. The maximum Gasteiger partial charge on any atom is 0.324 e. The summed E-state index contributed by atoms with van der Waals surface area (Å²) in [6.07, 6.45) is 3.48. The molecule has 3 N–H and O–H groups in total. The van der Waals surface area contributed by atoms with E-state index in [4.69, 9.17) is 10.8 Å². The fraction of sp³-hybridized carbons (Fsp3) is 0.625. The molecule has 0 aliphatic carbocycles. The summed E-state index contributed by atoms with van der Waals surface area (Å²) in [6.45, 7) is 1.97. The van der Waals surface area contributed by atoms with Crippen LogP contribution in [0.15, 0.2) is 11.6 Å². The quantitative estimate of drug-likeness (QED) is 0.505. The van der Waals surface area contributed by atoms with Crippen LogP contribution in [0, 0.1) is 0 Å². The molecule has 0 aromatic heterocycles. The number of allylic oxidation sites excluding steroid dienone is 1.